The summed E-state index contributed by atoms with van der Waals surface area (Å²) in [6, 6.07) is 0.552. The van der Waals surface area contributed by atoms with E-state index in [4.69, 9.17) is 0 Å². The van der Waals surface area contributed by atoms with E-state index in [9.17, 15) is 0 Å². The lowest BCUT2D eigenvalue weighted by molar-refractivity contribution is 0.329. The molecule has 0 atom stereocenters. The molecule has 1 fully saturated rings. The Hall–Kier alpha value is -1.59. The number of nitrogens with one attached hydrogen (secondary N) is 2. The lowest BCUT2D eigenvalue weighted by Crippen LogP contribution is -2.44. The number of aliphatic imine (C=N–C) groups is 1. The number of nitrogens with zero attached hydrogens (tertiary/aromatic N) is 4. The molecule has 0 spiro atoms. The zero-order valence-electron chi connectivity index (χ0n) is 13.1. The average Bonchev–Trinajstić information content (AvgIpc) is 3.09. The minimum absolute atomic E-state index is 0.552. The summed E-state index contributed by atoms with van der Waals surface area (Å²) < 4.78 is 2.22. The molecular weight excluding hydrogens is 264 g/mol. The van der Waals surface area contributed by atoms with Gasteiger partial charge in [0, 0.05) is 26.1 Å². The van der Waals surface area contributed by atoms with Crippen molar-refractivity contribution in [1.29, 1.82) is 0 Å². The fourth-order valence-electron chi connectivity index (χ4n) is 3.30. The van der Waals surface area contributed by atoms with Gasteiger partial charge in [-0.15, -0.1) is 10.2 Å². The van der Waals surface area contributed by atoms with E-state index < -0.39 is 0 Å². The molecule has 2 heterocycles. The number of rotatable bonds is 3. The highest BCUT2D eigenvalue weighted by molar-refractivity contribution is 5.79. The molecule has 1 aromatic rings. The number of guanidine groups is 1. The molecule has 2 aliphatic rings. The van der Waals surface area contributed by atoms with Gasteiger partial charge in [-0.05, 0) is 38.0 Å². The van der Waals surface area contributed by atoms with Crippen molar-refractivity contribution in [2.45, 2.75) is 64.6 Å². The summed E-state index contributed by atoms with van der Waals surface area (Å²) in [6.45, 7) is 4.08. The predicted octanol–water partition coefficient (Wildman–Crippen LogP) is 1.47. The van der Waals surface area contributed by atoms with Crippen molar-refractivity contribution in [2.24, 2.45) is 10.9 Å². The van der Waals surface area contributed by atoms with Crippen LogP contribution in [0.4, 0.5) is 0 Å². The monoisotopic (exact) mass is 290 g/mol. The molecule has 0 unspecified atom stereocenters. The first-order valence-electron chi connectivity index (χ1n) is 8.14. The van der Waals surface area contributed by atoms with Crippen molar-refractivity contribution in [3.63, 3.8) is 0 Å². The molecule has 0 amide bonds. The summed E-state index contributed by atoms with van der Waals surface area (Å²) in [7, 11) is 1.83. The minimum Gasteiger partial charge on any atom is -0.354 e. The number of hydrogen-bond donors (Lipinski definition) is 2. The smallest absolute Gasteiger partial charge is 0.191 e. The molecule has 3 rings (SSSR count). The van der Waals surface area contributed by atoms with Crippen molar-refractivity contribution in [3.8, 4) is 0 Å². The number of fused-ring (bicyclic) bond motifs is 1. The number of aryl methyl sites for hydroxylation is 1. The predicted molar refractivity (Wildman–Crippen MR) is 83.1 cm³/mol. The molecule has 6 heteroatoms. The molecule has 21 heavy (non-hydrogen) atoms. The molecule has 0 bridgehead atoms. The van der Waals surface area contributed by atoms with Crippen LogP contribution in [0.15, 0.2) is 4.99 Å². The van der Waals surface area contributed by atoms with Gasteiger partial charge in [0.05, 0.1) is 6.54 Å². The van der Waals surface area contributed by atoms with E-state index in [1.165, 1.54) is 32.1 Å². The van der Waals surface area contributed by atoms with Gasteiger partial charge in [0.15, 0.2) is 11.8 Å². The third kappa shape index (κ3) is 3.36. The maximum Gasteiger partial charge on any atom is 0.191 e. The Bertz CT molecular complexity index is 498. The third-order valence-electron chi connectivity index (χ3n) is 4.68. The molecular formula is C15H26N6. The fraction of sp³-hybridized carbons (Fsp3) is 0.800. The molecule has 1 saturated carbocycles. The molecule has 1 aliphatic heterocycles. The largest absolute Gasteiger partial charge is 0.354 e. The third-order valence-corrected chi connectivity index (χ3v) is 4.68. The summed E-state index contributed by atoms with van der Waals surface area (Å²) >= 11 is 0. The highest BCUT2D eigenvalue weighted by atomic mass is 15.3. The van der Waals surface area contributed by atoms with Gasteiger partial charge in [-0.25, -0.2) is 0 Å². The van der Waals surface area contributed by atoms with Gasteiger partial charge >= 0.3 is 0 Å². The quantitative estimate of drug-likeness (QED) is 0.653. The van der Waals surface area contributed by atoms with E-state index in [-0.39, 0.29) is 0 Å². The summed E-state index contributed by atoms with van der Waals surface area (Å²) in [5.41, 5.74) is 0. The van der Waals surface area contributed by atoms with E-state index in [0.717, 1.165) is 36.5 Å². The molecule has 6 nitrogen and oxygen atoms in total. The van der Waals surface area contributed by atoms with Gasteiger partial charge in [-0.2, -0.15) is 0 Å². The molecule has 1 aromatic heterocycles. The van der Waals surface area contributed by atoms with Crippen molar-refractivity contribution < 1.29 is 0 Å². The highest BCUT2D eigenvalue weighted by Gasteiger charge is 2.20. The van der Waals surface area contributed by atoms with Crippen molar-refractivity contribution >= 4 is 5.96 Å². The van der Waals surface area contributed by atoms with E-state index in [0.29, 0.717) is 12.6 Å². The normalized spacial score (nSPS) is 25.7. The summed E-state index contributed by atoms with van der Waals surface area (Å²) in [5.74, 6) is 3.89. The lowest BCUT2D eigenvalue weighted by atomic mass is 9.87. The summed E-state index contributed by atoms with van der Waals surface area (Å²) in [5, 5.41) is 15.4. The average molecular weight is 290 g/mol. The first kappa shape index (κ1) is 14.4. The molecule has 1 aliphatic carbocycles. The Labute approximate surface area is 126 Å². The number of aromatic nitrogens is 3. The number of hydrogen-bond acceptors (Lipinski definition) is 3. The fourth-order valence-corrected chi connectivity index (χ4v) is 3.30. The standard InChI is InChI=1S/C15H26N6/c1-11-5-7-12(8-6-11)18-15(16-2)17-10-14-20-19-13-4-3-9-21(13)14/h11-12H,3-10H2,1-2H3,(H2,16,17,18). The molecule has 0 saturated heterocycles. The molecule has 0 radical (unpaired) electrons. The Kier molecular flexibility index (Phi) is 4.41. The lowest BCUT2D eigenvalue weighted by Gasteiger charge is -2.28. The second-order valence-electron chi connectivity index (χ2n) is 6.31. The van der Waals surface area contributed by atoms with Crippen LogP contribution in [0.3, 0.4) is 0 Å². The van der Waals surface area contributed by atoms with Gasteiger partial charge in [-0.3, -0.25) is 4.99 Å². The SMILES string of the molecule is CN=C(NCc1nnc2n1CCC2)NC1CCC(C)CC1. The Balaban J connectivity index is 1.51. The Morgan fingerprint density at radius 3 is 2.86 bits per heavy atom. The summed E-state index contributed by atoms with van der Waals surface area (Å²) in [4.78, 5) is 4.33. The first-order valence-corrected chi connectivity index (χ1v) is 8.14. The van der Waals surface area contributed by atoms with Crippen molar-refractivity contribution in [2.75, 3.05) is 7.05 Å². The Morgan fingerprint density at radius 1 is 1.29 bits per heavy atom. The van der Waals surface area contributed by atoms with Crippen LogP contribution in [0.25, 0.3) is 0 Å². The zero-order chi connectivity index (χ0) is 14.7. The maximum atomic E-state index is 4.33. The zero-order valence-corrected chi connectivity index (χ0v) is 13.1. The van der Waals surface area contributed by atoms with E-state index in [1.54, 1.807) is 0 Å². The van der Waals surface area contributed by atoms with Crippen LogP contribution in [0.5, 0.6) is 0 Å². The first-order chi connectivity index (χ1) is 10.3. The van der Waals surface area contributed by atoms with E-state index in [1.807, 2.05) is 7.05 Å². The van der Waals surface area contributed by atoms with Crippen LogP contribution in [-0.4, -0.2) is 33.8 Å². The summed E-state index contributed by atoms with van der Waals surface area (Å²) in [6.07, 6.45) is 7.34. The van der Waals surface area contributed by atoms with Gasteiger partial charge in [0.25, 0.3) is 0 Å². The second kappa shape index (κ2) is 6.45. The molecule has 116 valence electrons. The van der Waals surface area contributed by atoms with E-state index in [2.05, 4.69) is 37.3 Å². The van der Waals surface area contributed by atoms with Crippen LogP contribution in [0, 0.1) is 5.92 Å². The second-order valence-corrected chi connectivity index (χ2v) is 6.31. The molecule has 2 N–H and O–H groups in total. The maximum absolute atomic E-state index is 4.33. The van der Waals surface area contributed by atoms with Crippen LogP contribution in [0.2, 0.25) is 0 Å². The van der Waals surface area contributed by atoms with Gasteiger partial charge in [0.1, 0.15) is 5.82 Å². The minimum atomic E-state index is 0.552. The van der Waals surface area contributed by atoms with Gasteiger partial charge < -0.3 is 15.2 Å². The van der Waals surface area contributed by atoms with Crippen LogP contribution in [-0.2, 0) is 19.5 Å². The topological polar surface area (TPSA) is 67.1 Å². The van der Waals surface area contributed by atoms with Crippen molar-refractivity contribution in [1.82, 2.24) is 25.4 Å². The van der Waals surface area contributed by atoms with Crippen molar-refractivity contribution in [3.05, 3.63) is 11.6 Å². The van der Waals surface area contributed by atoms with Gasteiger partial charge in [-0.1, -0.05) is 6.92 Å². The van der Waals surface area contributed by atoms with Crippen LogP contribution < -0.4 is 10.6 Å². The van der Waals surface area contributed by atoms with Crippen LogP contribution >= 0.6 is 0 Å². The highest BCUT2D eigenvalue weighted by Crippen LogP contribution is 2.23. The molecule has 0 aromatic carbocycles. The van der Waals surface area contributed by atoms with Gasteiger partial charge in [0.2, 0.25) is 0 Å². The van der Waals surface area contributed by atoms with E-state index >= 15 is 0 Å². The van der Waals surface area contributed by atoms with Crippen LogP contribution in [0.1, 0.15) is 50.7 Å². The Morgan fingerprint density at radius 2 is 2.10 bits per heavy atom.